The summed E-state index contributed by atoms with van der Waals surface area (Å²) in [5.41, 5.74) is 2.68. The molecule has 0 aliphatic carbocycles. The van der Waals surface area contributed by atoms with Crippen LogP contribution in [-0.2, 0) is 6.61 Å². The van der Waals surface area contributed by atoms with Crippen molar-refractivity contribution in [3.8, 4) is 5.75 Å². The molecule has 1 atom stereocenters. The predicted octanol–water partition coefficient (Wildman–Crippen LogP) is 5.11. The first kappa shape index (κ1) is 15.8. The quantitative estimate of drug-likeness (QED) is 0.677. The Kier molecular flexibility index (Phi) is 5.11. The third kappa shape index (κ3) is 3.81. The first-order valence-electron chi connectivity index (χ1n) is 7.44. The van der Waals surface area contributed by atoms with Gasteiger partial charge in [-0.15, -0.1) is 0 Å². The first-order valence-corrected chi connectivity index (χ1v) is 8.23. The average Bonchev–Trinajstić information content (AvgIpc) is 2.61. The SMILES string of the molecule is OC(c1ccccc1)c1cccc(Br)c1OCc1ccccc1. The van der Waals surface area contributed by atoms with Crippen molar-refractivity contribution in [3.63, 3.8) is 0 Å². The van der Waals surface area contributed by atoms with Crippen molar-refractivity contribution in [2.24, 2.45) is 0 Å². The summed E-state index contributed by atoms with van der Waals surface area (Å²) in [4.78, 5) is 0. The summed E-state index contributed by atoms with van der Waals surface area (Å²) in [6.07, 6.45) is -0.723. The van der Waals surface area contributed by atoms with E-state index in [1.54, 1.807) is 0 Å². The van der Waals surface area contributed by atoms with Crippen molar-refractivity contribution < 1.29 is 9.84 Å². The fraction of sp³-hybridized carbons (Fsp3) is 0.100. The number of hydrogen-bond donors (Lipinski definition) is 1. The number of aliphatic hydroxyl groups is 1. The predicted molar refractivity (Wildman–Crippen MR) is 95.4 cm³/mol. The molecule has 3 aromatic carbocycles. The zero-order chi connectivity index (χ0) is 16.1. The Morgan fingerprint density at radius 1 is 0.826 bits per heavy atom. The van der Waals surface area contributed by atoms with Crippen LogP contribution in [0.5, 0.6) is 5.75 Å². The van der Waals surface area contributed by atoms with Crippen LogP contribution in [0.25, 0.3) is 0 Å². The van der Waals surface area contributed by atoms with Crippen molar-refractivity contribution >= 4 is 15.9 Å². The summed E-state index contributed by atoms with van der Waals surface area (Å²) < 4.78 is 6.82. The van der Waals surface area contributed by atoms with Crippen molar-refractivity contribution in [2.45, 2.75) is 12.7 Å². The topological polar surface area (TPSA) is 29.5 Å². The van der Waals surface area contributed by atoms with E-state index < -0.39 is 6.10 Å². The number of rotatable bonds is 5. The molecule has 0 aliphatic heterocycles. The molecule has 2 nitrogen and oxygen atoms in total. The Hall–Kier alpha value is -2.10. The van der Waals surface area contributed by atoms with Gasteiger partial charge in [0.15, 0.2) is 0 Å². The standard InChI is InChI=1S/C20H17BrO2/c21-18-13-7-12-17(19(22)16-10-5-2-6-11-16)20(18)23-14-15-8-3-1-4-9-15/h1-13,19,22H,14H2. The molecule has 3 heteroatoms. The maximum Gasteiger partial charge on any atom is 0.140 e. The molecule has 0 bridgehead atoms. The molecule has 3 rings (SSSR count). The van der Waals surface area contributed by atoms with Crippen molar-refractivity contribution in [3.05, 3.63) is 100 Å². The van der Waals surface area contributed by atoms with E-state index >= 15 is 0 Å². The maximum atomic E-state index is 10.7. The van der Waals surface area contributed by atoms with Gasteiger partial charge in [0.05, 0.1) is 4.47 Å². The second-order valence-electron chi connectivity index (χ2n) is 5.25. The fourth-order valence-electron chi connectivity index (χ4n) is 2.44. The molecule has 0 fully saturated rings. The molecule has 0 heterocycles. The van der Waals surface area contributed by atoms with E-state index in [2.05, 4.69) is 15.9 Å². The van der Waals surface area contributed by atoms with Crippen LogP contribution in [0.2, 0.25) is 0 Å². The number of benzene rings is 3. The Bertz CT molecular complexity index is 757. The number of para-hydroxylation sites is 1. The number of aliphatic hydroxyl groups excluding tert-OH is 1. The van der Waals surface area contributed by atoms with Crippen LogP contribution in [0.1, 0.15) is 22.8 Å². The summed E-state index contributed by atoms with van der Waals surface area (Å²) in [5, 5.41) is 10.7. The van der Waals surface area contributed by atoms with E-state index in [9.17, 15) is 5.11 Å². The number of hydrogen-bond acceptors (Lipinski definition) is 2. The zero-order valence-electron chi connectivity index (χ0n) is 12.5. The molecule has 0 spiro atoms. The summed E-state index contributed by atoms with van der Waals surface area (Å²) in [5.74, 6) is 0.674. The van der Waals surface area contributed by atoms with Crippen LogP contribution < -0.4 is 4.74 Å². The number of halogens is 1. The molecule has 1 N–H and O–H groups in total. The Morgan fingerprint density at radius 2 is 1.48 bits per heavy atom. The van der Waals surface area contributed by atoms with Gasteiger partial charge in [0, 0.05) is 5.56 Å². The lowest BCUT2D eigenvalue weighted by Gasteiger charge is -2.18. The maximum absolute atomic E-state index is 10.7. The third-order valence-corrected chi connectivity index (χ3v) is 4.26. The van der Waals surface area contributed by atoms with Crippen LogP contribution in [0.15, 0.2) is 83.3 Å². The summed E-state index contributed by atoms with van der Waals surface area (Å²) in [6.45, 7) is 0.456. The third-order valence-electron chi connectivity index (χ3n) is 3.63. The van der Waals surface area contributed by atoms with Gasteiger partial charge in [0.2, 0.25) is 0 Å². The molecular formula is C20H17BrO2. The largest absolute Gasteiger partial charge is 0.487 e. The summed E-state index contributed by atoms with van der Waals surface area (Å²) in [6, 6.07) is 25.3. The minimum absolute atomic E-state index is 0.456. The van der Waals surface area contributed by atoms with Crippen molar-refractivity contribution in [1.29, 1.82) is 0 Å². The molecular weight excluding hydrogens is 352 g/mol. The van der Waals surface area contributed by atoms with E-state index in [4.69, 9.17) is 4.74 Å². The lowest BCUT2D eigenvalue weighted by atomic mass is 10.0. The minimum Gasteiger partial charge on any atom is -0.487 e. The first-order chi connectivity index (χ1) is 11.3. The molecule has 0 aliphatic rings. The average molecular weight is 369 g/mol. The molecule has 0 radical (unpaired) electrons. The lowest BCUT2D eigenvalue weighted by molar-refractivity contribution is 0.209. The second-order valence-corrected chi connectivity index (χ2v) is 6.10. The van der Waals surface area contributed by atoms with Gasteiger partial charge in [-0.25, -0.2) is 0 Å². The van der Waals surface area contributed by atoms with Crippen LogP contribution in [0.4, 0.5) is 0 Å². The normalized spacial score (nSPS) is 11.9. The monoisotopic (exact) mass is 368 g/mol. The van der Waals surface area contributed by atoms with Gasteiger partial charge in [0.1, 0.15) is 18.5 Å². The molecule has 0 amide bonds. The van der Waals surface area contributed by atoms with Crippen LogP contribution in [0.3, 0.4) is 0 Å². The highest BCUT2D eigenvalue weighted by molar-refractivity contribution is 9.10. The van der Waals surface area contributed by atoms with Crippen molar-refractivity contribution in [1.82, 2.24) is 0 Å². The van der Waals surface area contributed by atoms with Crippen molar-refractivity contribution in [2.75, 3.05) is 0 Å². The molecule has 0 aromatic heterocycles. The van der Waals surface area contributed by atoms with E-state index in [0.717, 1.165) is 21.2 Å². The molecule has 23 heavy (non-hydrogen) atoms. The fourth-order valence-corrected chi connectivity index (χ4v) is 2.93. The van der Waals surface area contributed by atoms with Gasteiger partial charge in [-0.2, -0.15) is 0 Å². The van der Waals surface area contributed by atoms with Gasteiger partial charge in [0.25, 0.3) is 0 Å². The molecule has 1 unspecified atom stereocenters. The van der Waals surface area contributed by atoms with E-state index in [1.165, 1.54) is 0 Å². The Labute approximate surface area is 144 Å². The molecule has 0 saturated heterocycles. The van der Waals surface area contributed by atoms with Gasteiger partial charge in [-0.1, -0.05) is 72.8 Å². The minimum atomic E-state index is -0.723. The van der Waals surface area contributed by atoms with E-state index in [1.807, 2.05) is 78.9 Å². The van der Waals surface area contributed by atoms with Gasteiger partial charge < -0.3 is 9.84 Å². The highest BCUT2D eigenvalue weighted by Gasteiger charge is 2.17. The Morgan fingerprint density at radius 3 is 2.17 bits per heavy atom. The van der Waals surface area contributed by atoms with Crippen LogP contribution in [-0.4, -0.2) is 5.11 Å². The number of ether oxygens (including phenoxy) is 1. The zero-order valence-corrected chi connectivity index (χ0v) is 14.1. The van der Waals surface area contributed by atoms with Gasteiger partial charge >= 0.3 is 0 Å². The summed E-state index contributed by atoms with van der Waals surface area (Å²) >= 11 is 3.53. The van der Waals surface area contributed by atoms with E-state index in [-0.39, 0.29) is 0 Å². The molecule has 116 valence electrons. The smallest absolute Gasteiger partial charge is 0.140 e. The summed E-state index contributed by atoms with van der Waals surface area (Å²) in [7, 11) is 0. The van der Waals surface area contributed by atoms with E-state index in [0.29, 0.717) is 12.4 Å². The highest BCUT2D eigenvalue weighted by Crippen LogP contribution is 2.36. The molecule has 0 saturated carbocycles. The lowest BCUT2D eigenvalue weighted by Crippen LogP contribution is -2.05. The molecule has 3 aromatic rings. The van der Waals surface area contributed by atoms with Crippen LogP contribution >= 0.6 is 15.9 Å². The Balaban J connectivity index is 1.88. The highest BCUT2D eigenvalue weighted by atomic mass is 79.9. The second kappa shape index (κ2) is 7.44. The van der Waals surface area contributed by atoms with Gasteiger partial charge in [-0.3, -0.25) is 0 Å². The van der Waals surface area contributed by atoms with Crippen LogP contribution in [0, 0.1) is 0 Å². The van der Waals surface area contributed by atoms with Gasteiger partial charge in [-0.05, 0) is 33.1 Å².